The van der Waals surface area contributed by atoms with Gasteiger partial charge in [-0.1, -0.05) is 6.07 Å². The smallest absolute Gasteiger partial charge is 0.322 e. The molecule has 0 aliphatic carbocycles. The number of aliphatic carboxylic acids is 1. The van der Waals surface area contributed by atoms with Crippen molar-refractivity contribution < 1.29 is 23.5 Å². The zero-order chi connectivity index (χ0) is 14.4. The molecule has 1 aromatic rings. The summed E-state index contributed by atoms with van der Waals surface area (Å²) in [5.41, 5.74) is 0.521. The molecule has 7 heteroatoms. The van der Waals surface area contributed by atoms with Gasteiger partial charge in [0.05, 0.1) is 6.54 Å². The minimum atomic E-state index is -1.13. The maximum absolute atomic E-state index is 13.0. The first kappa shape index (κ1) is 15.0. The number of carbonyl (C=O) groups excluding carboxylic acids is 1. The van der Waals surface area contributed by atoms with Crippen LogP contribution in [0.25, 0.3) is 0 Å². The number of nitrogens with zero attached hydrogens (tertiary/aromatic N) is 1. The number of halogens is 2. The maximum atomic E-state index is 13.0. The lowest BCUT2D eigenvalue weighted by atomic mass is 10.2. The highest BCUT2D eigenvalue weighted by Crippen LogP contribution is 2.10. The van der Waals surface area contributed by atoms with Crippen molar-refractivity contribution in [2.75, 3.05) is 20.1 Å². The Bertz CT molecular complexity index is 480. The van der Waals surface area contributed by atoms with E-state index in [4.69, 9.17) is 5.11 Å². The summed E-state index contributed by atoms with van der Waals surface area (Å²) in [6, 6.07) is 3.49. The summed E-state index contributed by atoms with van der Waals surface area (Å²) in [7, 11) is 1.61. The second-order valence-electron chi connectivity index (χ2n) is 4.09. The van der Waals surface area contributed by atoms with Crippen LogP contribution in [0.2, 0.25) is 0 Å². The lowest BCUT2D eigenvalue weighted by Gasteiger charge is -2.16. The van der Waals surface area contributed by atoms with Crippen molar-refractivity contribution >= 4 is 11.9 Å². The fourth-order valence-electron chi connectivity index (χ4n) is 1.48. The molecule has 0 heterocycles. The molecule has 0 radical (unpaired) electrons. The topological polar surface area (TPSA) is 69.6 Å². The van der Waals surface area contributed by atoms with Crippen LogP contribution in [0, 0.1) is 11.6 Å². The van der Waals surface area contributed by atoms with Crippen LogP contribution in [-0.4, -0.2) is 42.0 Å². The number of carboxylic acids is 1. The summed E-state index contributed by atoms with van der Waals surface area (Å²) in [5.74, 6) is -3.45. The van der Waals surface area contributed by atoms with Gasteiger partial charge in [-0.3, -0.25) is 14.5 Å². The van der Waals surface area contributed by atoms with Gasteiger partial charge in [0, 0.05) is 6.54 Å². The fraction of sp³-hybridized carbons (Fsp3) is 0.333. The van der Waals surface area contributed by atoms with E-state index >= 15 is 0 Å². The first-order valence-corrected chi connectivity index (χ1v) is 5.49. The Balaban J connectivity index is 2.46. The van der Waals surface area contributed by atoms with Crippen molar-refractivity contribution in [2.24, 2.45) is 0 Å². The number of likely N-dealkylation sites (N-methyl/N-ethyl adjacent to an activating group) is 1. The molecule has 0 atom stereocenters. The average molecular weight is 272 g/mol. The zero-order valence-corrected chi connectivity index (χ0v) is 10.3. The molecule has 0 fully saturated rings. The lowest BCUT2D eigenvalue weighted by Crippen LogP contribution is -2.37. The van der Waals surface area contributed by atoms with E-state index in [1.54, 1.807) is 11.9 Å². The fourth-order valence-corrected chi connectivity index (χ4v) is 1.48. The summed E-state index contributed by atoms with van der Waals surface area (Å²) >= 11 is 0. The third kappa shape index (κ3) is 5.43. The van der Waals surface area contributed by atoms with Crippen LogP contribution >= 0.6 is 0 Å². The molecule has 1 amide bonds. The number of amides is 1. The van der Waals surface area contributed by atoms with E-state index in [1.165, 1.54) is 6.07 Å². The molecule has 0 aliphatic rings. The average Bonchev–Trinajstić information content (AvgIpc) is 2.31. The predicted molar refractivity (Wildman–Crippen MR) is 63.3 cm³/mol. The first-order chi connectivity index (χ1) is 8.88. The molecule has 0 bridgehead atoms. The SMILES string of the molecule is CN(CC(=O)NCC(=O)O)Cc1ccc(F)c(F)c1. The van der Waals surface area contributed by atoms with Crippen molar-refractivity contribution in [2.45, 2.75) is 6.54 Å². The van der Waals surface area contributed by atoms with Crippen molar-refractivity contribution in [1.82, 2.24) is 10.2 Å². The van der Waals surface area contributed by atoms with E-state index in [0.29, 0.717) is 5.56 Å². The highest BCUT2D eigenvalue weighted by atomic mass is 19.2. The molecular formula is C12H14F2N2O3. The summed E-state index contributed by atoms with van der Waals surface area (Å²) < 4.78 is 25.7. The number of rotatable bonds is 6. The van der Waals surface area contributed by atoms with Crippen molar-refractivity contribution in [3.05, 3.63) is 35.4 Å². The predicted octanol–water partition coefficient (Wildman–Crippen LogP) is 0.597. The number of nitrogens with one attached hydrogen (secondary N) is 1. The van der Waals surface area contributed by atoms with Crippen molar-refractivity contribution in [3.63, 3.8) is 0 Å². The number of hydrogen-bond donors (Lipinski definition) is 2. The highest BCUT2D eigenvalue weighted by Gasteiger charge is 2.09. The van der Waals surface area contributed by atoms with Crippen molar-refractivity contribution in [1.29, 1.82) is 0 Å². The summed E-state index contributed by atoms with van der Waals surface area (Å²) in [4.78, 5) is 23.1. The van der Waals surface area contributed by atoms with Crippen LogP contribution in [0.4, 0.5) is 8.78 Å². The van der Waals surface area contributed by atoms with Gasteiger partial charge < -0.3 is 10.4 Å². The van der Waals surface area contributed by atoms with Gasteiger partial charge in [0.2, 0.25) is 5.91 Å². The molecule has 0 unspecified atom stereocenters. The normalized spacial score (nSPS) is 10.5. The maximum Gasteiger partial charge on any atom is 0.322 e. The number of benzene rings is 1. The zero-order valence-electron chi connectivity index (χ0n) is 10.3. The molecule has 0 aliphatic heterocycles. The molecule has 2 N–H and O–H groups in total. The Morgan fingerprint density at radius 1 is 1.32 bits per heavy atom. The van der Waals surface area contributed by atoms with E-state index in [9.17, 15) is 18.4 Å². The molecule has 1 rings (SSSR count). The molecule has 0 spiro atoms. The van der Waals surface area contributed by atoms with E-state index < -0.39 is 30.1 Å². The van der Waals surface area contributed by atoms with Crippen LogP contribution in [0.5, 0.6) is 0 Å². The van der Waals surface area contributed by atoms with Gasteiger partial charge >= 0.3 is 5.97 Å². The van der Waals surface area contributed by atoms with E-state index in [2.05, 4.69) is 5.32 Å². The van der Waals surface area contributed by atoms with Crippen LogP contribution in [0.15, 0.2) is 18.2 Å². The largest absolute Gasteiger partial charge is 0.480 e. The van der Waals surface area contributed by atoms with E-state index in [1.807, 2.05) is 0 Å². The highest BCUT2D eigenvalue weighted by molar-refractivity contribution is 5.82. The van der Waals surface area contributed by atoms with E-state index in [-0.39, 0.29) is 13.1 Å². The Labute approximate surface area is 108 Å². The minimum absolute atomic E-state index is 0.0354. The van der Waals surface area contributed by atoms with Gasteiger partial charge in [-0.15, -0.1) is 0 Å². The third-order valence-corrected chi connectivity index (χ3v) is 2.29. The van der Waals surface area contributed by atoms with Crippen LogP contribution < -0.4 is 5.32 Å². The van der Waals surface area contributed by atoms with Crippen molar-refractivity contribution in [3.8, 4) is 0 Å². The second-order valence-corrected chi connectivity index (χ2v) is 4.09. The lowest BCUT2D eigenvalue weighted by molar-refractivity contribution is -0.138. The van der Waals surface area contributed by atoms with Gasteiger partial charge in [-0.05, 0) is 24.7 Å². The van der Waals surface area contributed by atoms with Crippen LogP contribution in [0.1, 0.15) is 5.56 Å². The van der Waals surface area contributed by atoms with Crippen LogP contribution in [-0.2, 0) is 16.1 Å². The second kappa shape index (κ2) is 6.79. The van der Waals surface area contributed by atoms with E-state index in [0.717, 1.165) is 12.1 Å². The molecule has 19 heavy (non-hydrogen) atoms. The number of carbonyl (C=O) groups is 2. The molecule has 1 aromatic carbocycles. The van der Waals surface area contributed by atoms with Gasteiger partial charge in [-0.2, -0.15) is 0 Å². The Hall–Kier alpha value is -2.02. The Morgan fingerprint density at radius 2 is 2.00 bits per heavy atom. The Kier molecular flexibility index (Phi) is 5.37. The molecule has 0 saturated carbocycles. The monoisotopic (exact) mass is 272 g/mol. The molecule has 0 aromatic heterocycles. The third-order valence-electron chi connectivity index (χ3n) is 2.29. The van der Waals surface area contributed by atoms with Gasteiger partial charge in [0.15, 0.2) is 11.6 Å². The Morgan fingerprint density at radius 3 is 2.58 bits per heavy atom. The van der Waals surface area contributed by atoms with Gasteiger partial charge in [0.25, 0.3) is 0 Å². The molecule has 5 nitrogen and oxygen atoms in total. The first-order valence-electron chi connectivity index (χ1n) is 5.49. The summed E-state index contributed by atoms with van der Waals surface area (Å²) in [5, 5.41) is 10.6. The van der Waals surface area contributed by atoms with Gasteiger partial charge in [-0.25, -0.2) is 8.78 Å². The van der Waals surface area contributed by atoms with Gasteiger partial charge in [0.1, 0.15) is 6.54 Å². The molecule has 0 saturated heterocycles. The standard InChI is InChI=1S/C12H14F2N2O3/c1-16(7-11(17)15-5-12(18)19)6-8-2-3-9(13)10(14)4-8/h2-4H,5-7H2,1H3,(H,15,17)(H,18,19). The quantitative estimate of drug-likeness (QED) is 0.795. The summed E-state index contributed by atoms with van der Waals surface area (Å²) in [6.07, 6.45) is 0. The minimum Gasteiger partial charge on any atom is -0.480 e. The summed E-state index contributed by atoms with van der Waals surface area (Å²) in [6.45, 7) is -0.234. The molecular weight excluding hydrogens is 258 g/mol. The van der Waals surface area contributed by atoms with Crippen LogP contribution in [0.3, 0.4) is 0 Å². The molecule has 104 valence electrons. The number of carboxylic acid groups (broad SMARTS) is 1. The number of hydrogen-bond acceptors (Lipinski definition) is 3.